The number of methoxy groups -OCH3 is 1. The molecule has 1 atom stereocenters. The summed E-state index contributed by atoms with van der Waals surface area (Å²) < 4.78 is 39.9. The van der Waals surface area contributed by atoms with Gasteiger partial charge in [-0.05, 0) is 11.8 Å². The second-order valence-electron chi connectivity index (χ2n) is 2.97. The largest absolute Gasteiger partial charge is 0.480 e. The Morgan fingerprint density at radius 2 is 2.06 bits per heavy atom. The Bertz CT molecular complexity index is 272. The molecule has 5 nitrogen and oxygen atoms in total. The van der Waals surface area contributed by atoms with Crippen molar-refractivity contribution in [3.05, 3.63) is 0 Å². The molecule has 0 aromatic rings. The van der Waals surface area contributed by atoms with Crippen molar-refractivity contribution in [3.63, 3.8) is 0 Å². The Morgan fingerprint density at radius 3 is 2.47 bits per heavy atom. The van der Waals surface area contributed by atoms with Crippen molar-refractivity contribution in [1.82, 2.24) is 5.32 Å². The summed E-state index contributed by atoms with van der Waals surface area (Å²) in [6, 6.07) is -1.24. The number of hydrogen-bond donors (Lipinski definition) is 2. The molecule has 0 spiro atoms. The maximum absolute atomic E-state index is 11.8. The molecule has 9 heteroatoms. The minimum absolute atomic E-state index is 0.00570. The lowest BCUT2D eigenvalue weighted by Gasteiger charge is -2.14. The number of thioether (sulfide) groups is 1. The van der Waals surface area contributed by atoms with Crippen LogP contribution in [0.3, 0.4) is 0 Å². The molecule has 0 radical (unpaired) electrons. The van der Waals surface area contributed by atoms with Crippen LogP contribution >= 0.6 is 11.8 Å². The molecular weight excluding hydrogens is 263 g/mol. The van der Waals surface area contributed by atoms with Crippen molar-refractivity contribution in [2.24, 2.45) is 0 Å². The summed E-state index contributed by atoms with van der Waals surface area (Å²) in [6.07, 6.45) is -0.00570. The second kappa shape index (κ2) is 7.38. The summed E-state index contributed by atoms with van der Waals surface area (Å²) in [4.78, 5) is 21.7. The molecule has 0 aliphatic rings. The van der Waals surface area contributed by atoms with E-state index in [1.807, 2.05) is 5.32 Å². The summed E-state index contributed by atoms with van der Waals surface area (Å²) >= 11 is -0.517. The number of halogens is 3. The Labute approximate surface area is 99.7 Å². The molecule has 0 saturated carbocycles. The van der Waals surface area contributed by atoms with Crippen LogP contribution in [0.4, 0.5) is 13.2 Å². The minimum Gasteiger partial charge on any atom is -0.480 e. The topological polar surface area (TPSA) is 75.6 Å². The van der Waals surface area contributed by atoms with Crippen molar-refractivity contribution in [2.45, 2.75) is 18.0 Å². The van der Waals surface area contributed by atoms with E-state index in [0.717, 1.165) is 0 Å². The fraction of sp³-hybridized carbons (Fsp3) is 0.750. The summed E-state index contributed by atoms with van der Waals surface area (Å²) in [5, 5.41) is 10.7. The molecule has 0 fully saturated rings. The molecule has 0 saturated heterocycles. The fourth-order valence-corrected chi connectivity index (χ4v) is 1.25. The van der Waals surface area contributed by atoms with Crippen molar-refractivity contribution >= 4 is 23.6 Å². The molecule has 0 rings (SSSR count). The molecule has 0 heterocycles. The van der Waals surface area contributed by atoms with Crippen LogP contribution in [-0.4, -0.2) is 48.0 Å². The van der Waals surface area contributed by atoms with Crippen LogP contribution in [0.1, 0.15) is 6.42 Å². The van der Waals surface area contributed by atoms with Gasteiger partial charge >= 0.3 is 11.5 Å². The molecule has 1 amide bonds. The predicted octanol–water partition coefficient (Wildman–Crippen LogP) is 0.845. The van der Waals surface area contributed by atoms with E-state index in [4.69, 9.17) is 5.11 Å². The summed E-state index contributed by atoms with van der Waals surface area (Å²) in [7, 11) is 1.35. The van der Waals surface area contributed by atoms with Gasteiger partial charge in [0, 0.05) is 20.1 Å². The smallest absolute Gasteiger partial charge is 0.442 e. The third-order valence-corrected chi connectivity index (χ3v) is 2.34. The van der Waals surface area contributed by atoms with Gasteiger partial charge in [0.1, 0.15) is 6.04 Å². The first-order valence-corrected chi connectivity index (χ1v) is 5.46. The molecule has 1 unspecified atom stereocenters. The van der Waals surface area contributed by atoms with Gasteiger partial charge in [0.05, 0.1) is 5.75 Å². The van der Waals surface area contributed by atoms with E-state index >= 15 is 0 Å². The first kappa shape index (κ1) is 16.0. The van der Waals surface area contributed by atoms with Gasteiger partial charge in [-0.3, -0.25) is 4.79 Å². The zero-order valence-corrected chi connectivity index (χ0v) is 9.73. The predicted molar refractivity (Wildman–Crippen MR) is 54.6 cm³/mol. The highest BCUT2D eigenvalue weighted by atomic mass is 32.2. The third kappa shape index (κ3) is 8.81. The Balaban J connectivity index is 4.08. The zero-order chi connectivity index (χ0) is 13.5. The number of aliphatic carboxylic acids is 1. The number of carbonyl (C=O) groups excluding carboxylic acids is 1. The highest BCUT2D eigenvalue weighted by molar-refractivity contribution is 8.00. The minimum atomic E-state index is -4.51. The Kier molecular flexibility index (Phi) is 6.97. The van der Waals surface area contributed by atoms with Crippen LogP contribution in [0.15, 0.2) is 0 Å². The van der Waals surface area contributed by atoms with Crippen molar-refractivity contribution < 1.29 is 32.6 Å². The van der Waals surface area contributed by atoms with Gasteiger partial charge in [0.2, 0.25) is 5.91 Å². The number of carbonyl (C=O) groups is 2. The van der Waals surface area contributed by atoms with E-state index in [9.17, 15) is 22.8 Å². The number of rotatable bonds is 7. The second-order valence-corrected chi connectivity index (χ2v) is 4.01. The van der Waals surface area contributed by atoms with Gasteiger partial charge in [0.25, 0.3) is 0 Å². The molecule has 17 heavy (non-hydrogen) atoms. The van der Waals surface area contributed by atoms with Gasteiger partial charge in [-0.1, -0.05) is 0 Å². The molecule has 0 aromatic carbocycles. The van der Waals surface area contributed by atoms with E-state index < -0.39 is 40.9 Å². The van der Waals surface area contributed by atoms with E-state index in [-0.39, 0.29) is 13.0 Å². The maximum atomic E-state index is 11.8. The zero-order valence-electron chi connectivity index (χ0n) is 8.91. The molecule has 2 N–H and O–H groups in total. The van der Waals surface area contributed by atoms with Crippen molar-refractivity contribution in [2.75, 3.05) is 19.5 Å². The highest BCUT2D eigenvalue weighted by Crippen LogP contribution is 2.29. The van der Waals surface area contributed by atoms with Crippen LogP contribution in [0.5, 0.6) is 0 Å². The number of amides is 1. The Hall–Kier alpha value is -0.960. The lowest BCUT2D eigenvalue weighted by atomic mass is 10.2. The number of ether oxygens (including phenoxy) is 1. The molecular formula is C8H12F3NO4S. The molecule has 0 bridgehead atoms. The number of carboxylic acids is 1. The average molecular weight is 275 g/mol. The quantitative estimate of drug-likeness (QED) is 0.720. The normalized spacial score (nSPS) is 13.2. The number of hydrogen-bond acceptors (Lipinski definition) is 4. The van der Waals surface area contributed by atoms with Gasteiger partial charge in [-0.2, -0.15) is 13.2 Å². The first-order chi connectivity index (χ1) is 7.76. The van der Waals surface area contributed by atoms with E-state index in [2.05, 4.69) is 4.74 Å². The highest BCUT2D eigenvalue weighted by Gasteiger charge is 2.30. The van der Waals surface area contributed by atoms with Gasteiger partial charge < -0.3 is 15.2 Å². The van der Waals surface area contributed by atoms with Gasteiger partial charge in [-0.15, -0.1) is 0 Å². The average Bonchev–Trinajstić information content (AvgIpc) is 2.19. The van der Waals surface area contributed by atoms with Crippen LogP contribution < -0.4 is 5.32 Å². The lowest BCUT2D eigenvalue weighted by molar-refractivity contribution is -0.142. The molecule has 0 aromatic heterocycles. The summed E-state index contributed by atoms with van der Waals surface area (Å²) in [5.74, 6) is -3.15. The lowest BCUT2D eigenvalue weighted by Crippen LogP contribution is -2.42. The number of carboxylic acid groups (broad SMARTS) is 1. The first-order valence-electron chi connectivity index (χ1n) is 4.48. The summed E-state index contributed by atoms with van der Waals surface area (Å²) in [5.41, 5.74) is -4.51. The fourth-order valence-electron chi connectivity index (χ4n) is 0.876. The third-order valence-electron chi connectivity index (χ3n) is 1.61. The monoisotopic (exact) mass is 275 g/mol. The van der Waals surface area contributed by atoms with Gasteiger partial charge in [-0.25, -0.2) is 4.79 Å². The number of alkyl halides is 3. The van der Waals surface area contributed by atoms with E-state index in [1.165, 1.54) is 7.11 Å². The van der Waals surface area contributed by atoms with Crippen LogP contribution in [0.2, 0.25) is 0 Å². The molecule has 100 valence electrons. The maximum Gasteiger partial charge on any atom is 0.442 e. The van der Waals surface area contributed by atoms with Crippen molar-refractivity contribution in [1.29, 1.82) is 0 Å². The van der Waals surface area contributed by atoms with Crippen molar-refractivity contribution in [3.8, 4) is 0 Å². The molecule has 0 aliphatic heterocycles. The Morgan fingerprint density at radius 1 is 1.47 bits per heavy atom. The van der Waals surface area contributed by atoms with E-state index in [1.54, 1.807) is 0 Å². The number of nitrogens with one attached hydrogen (secondary N) is 1. The standard InChI is InChI=1S/C8H12F3NO4S/c1-16-3-2-5(7(14)15)12-6(13)4-17-8(9,10)11/h5H,2-4H2,1H3,(H,12,13)(H,14,15). The van der Waals surface area contributed by atoms with Crippen LogP contribution in [-0.2, 0) is 14.3 Å². The summed E-state index contributed by atoms with van der Waals surface area (Å²) in [6.45, 7) is 0.0870. The van der Waals surface area contributed by atoms with Crippen LogP contribution in [0, 0.1) is 0 Å². The van der Waals surface area contributed by atoms with Crippen LogP contribution in [0.25, 0.3) is 0 Å². The molecule has 0 aliphatic carbocycles. The van der Waals surface area contributed by atoms with E-state index in [0.29, 0.717) is 0 Å². The van der Waals surface area contributed by atoms with Gasteiger partial charge in [0.15, 0.2) is 0 Å². The SMILES string of the molecule is COCCC(NC(=O)CSC(F)(F)F)C(=O)O.